The van der Waals surface area contributed by atoms with Gasteiger partial charge < -0.3 is 15.4 Å². The maximum Gasteiger partial charge on any atom is 0.433 e. The first-order chi connectivity index (χ1) is 11.6. The van der Waals surface area contributed by atoms with Crippen LogP contribution in [0.2, 0.25) is 0 Å². The number of H-pyrrole nitrogens is 1. The number of aromatic carboxylic acids is 1. The smallest absolute Gasteiger partial charge is 0.433 e. The number of nitrogens with zero attached hydrogens (tertiary/aromatic N) is 3. The molecule has 0 radical (unpaired) electrons. The summed E-state index contributed by atoms with van der Waals surface area (Å²) in [6, 6.07) is 0.953. The predicted molar refractivity (Wildman–Crippen MR) is 79.0 cm³/mol. The summed E-state index contributed by atoms with van der Waals surface area (Å²) in [6.07, 6.45) is -3.44. The van der Waals surface area contributed by atoms with E-state index in [1.54, 1.807) is 6.92 Å². The third-order valence-corrected chi connectivity index (χ3v) is 3.36. The van der Waals surface area contributed by atoms with Gasteiger partial charge in [0.05, 0.1) is 12.0 Å². The molecule has 0 aliphatic rings. The van der Waals surface area contributed by atoms with Crippen LogP contribution in [0.15, 0.2) is 12.4 Å². The Kier molecular flexibility index (Phi) is 5.14. The highest BCUT2D eigenvalue weighted by molar-refractivity contribution is 6.02. The van der Waals surface area contributed by atoms with E-state index in [2.05, 4.69) is 20.4 Å². The van der Waals surface area contributed by atoms with Gasteiger partial charge in [-0.05, 0) is 18.9 Å². The zero-order valence-electron chi connectivity index (χ0n) is 13.4. The Morgan fingerprint density at radius 1 is 1.44 bits per heavy atom. The minimum absolute atomic E-state index is 0.0287. The van der Waals surface area contributed by atoms with E-state index in [9.17, 15) is 22.8 Å². The molecule has 0 aromatic carbocycles. The van der Waals surface area contributed by atoms with Crippen LogP contribution < -0.4 is 5.32 Å². The fourth-order valence-corrected chi connectivity index (χ4v) is 2.25. The summed E-state index contributed by atoms with van der Waals surface area (Å²) in [5, 5.41) is 15.2. The molecule has 11 heteroatoms. The van der Waals surface area contributed by atoms with Crippen molar-refractivity contribution in [3.8, 4) is 0 Å². The Morgan fingerprint density at radius 2 is 2.12 bits per heavy atom. The highest BCUT2D eigenvalue weighted by atomic mass is 19.4. The van der Waals surface area contributed by atoms with Crippen LogP contribution in [0.5, 0.6) is 0 Å². The SMILES string of the molecule is Cc1cc(C(F)(F)F)n(C[C@@H](C)CNC(=O)c2nc[nH]c2C(=O)O)n1. The lowest BCUT2D eigenvalue weighted by molar-refractivity contribution is -0.144. The maximum atomic E-state index is 12.9. The molecular formula is C14H16F3N5O3. The number of carboxylic acid groups (broad SMARTS) is 1. The number of aromatic amines is 1. The molecular weight excluding hydrogens is 343 g/mol. The fraction of sp³-hybridized carbons (Fsp3) is 0.429. The van der Waals surface area contributed by atoms with Crippen molar-refractivity contribution in [2.45, 2.75) is 26.6 Å². The first-order valence-corrected chi connectivity index (χ1v) is 7.26. The lowest BCUT2D eigenvalue weighted by Crippen LogP contribution is -2.32. The van der Waals surface area contributed by atoms with Crippen molar-refractivity contribution in [3.63, 3.8) is 0 Å². The highest BCUT2D eigenvalue weighted by Gasteiger charge is 2.35. The Hall–Kier alpha value is -2.85. The van der Waals surface area contributed by atoms with Gasteiger partial charge in [-0.25, -0.2) is 9.78 Å². The molecule has 8 nitrogen and oxygen atoms in total. The number of halogens is 3. The van der Waals surface area contributed by atoms with Crippen molar-refractivity contribution in [2.24, 2.45) is 5.92 Å². The zero-order chi connectivity index (χ0) is 18.8. The van der Waals surface area contributed by atoms with Crippen molar-refractivity contribution in [1.82, 2.24) is 25.1 Å². The molecule has 0 fully saturated rings. The molecule has 0 saturated carbocycles. The van der Waals surface area contributed by atoms with Gasteiger partial charge in [0.2, 0.25) is 0 Å². The van der Waals surface area contributed by atoms with Gasteiger partial charge in [0.15, 0.2) is 11.4 Å². The molecule has 3 N–H and O–H groups in total. The molecule has 0 aliphatic heterocycles. The van der Waals surface area contributed by atoms with Gasteiger partial charge in [-0.15, -0.1) is 0 Å². The number of carbonyl (C=O) groups is 2. The van der Waals surface area contributed by atoms with E-state index in [-0.39, 0.29) is 36.1 Å². The number of alkyl halides is 3. The number of hydrogen-bond donors (Lipinski definition) is 3. The van der Waals surface area contributed by atoms with Gasteiger partial charge in [-0.1, -0.05) is 6.92 Å². The second-order valence-electron chi connectivity index (χ2n) is 5.60. The van der Waals surface area contributed by atoms with Crippen LogP contribution >= 0.6 is 0 Å². The van der Waals surface area contributed by atoms with Gasteiger partial charge in [-0.3, -0.25) is 9.48 Å². The molecule has 0 aliphatic carbocycles. The summed E-state index contributed by atoms with van der Waals surface area (Å²) in [6.45, 7) is 3.07. The van der Waals surface area contributed by atoms with E-state index in [0.717, 1.165) is 17.1 Å². The van der Waals surface area contributed by atoms with Gasteiger partial charge in [0.25, 0.3) is 5.91 Å². The molecule has 2 aromatic heterocycles. The quantitative estimate of drug-likeness (QED) is 0.727. The average molecular weight is 359 g/mol. The topological polar surface area (TPSA) is 113 Å². The van der Waals surface area contributed by atoms with E-state index in [0.29, 0.717) is 0 Å². The van der Waals surface area contributed by atoms with Crippen molar-refractivity contribution in [3.05, 3.63) is 35.2 Å². The Morgan fingerprint density at radius 3 is 2.72 bits per heavy atom. The summed E-state index contributed by atoms with van der Waals surface area (Å²) in [5.41, 5.74) is -1.26. The van der Waals surface area contributed by atoms with Crippen LogP contribution in [0.25, 0.3) is 0 Å². The third-order valence-electron chi connectivity index (χ3n) is 3.36. The lowest BCUT2D eigenvalue weighted by atomic mass is 10.1. The van der Waals surface area contributed by atoms with Crippen molar-refractivity contribution < 1.29 is 27.9 Å². The van der Waals surface area contributed by atoms with Gasteiger partial charge in [-0.2, -0.15) is 18.3 Å². The molecule has 2 rings (SSSR count). The molecule has 25 heavy (non-hydrogen) atoms. The maximum absolute atomic E-state index is 12.9. The molecule has 1 amide bonds. The lowest BCUT2D eigenvalue weighted by Gasteiger charge is -2.15. The number of rotatable bonds is 6. The molecule has 0 saturated heterocycles. The molecule has 0 spiro atoms. The van der Waals surface area contributed by atoms with Gasteiger partial charge >= 0.3 is 12.1 Å². The first-order valence-electron chi connectivity index (χ1n) is 7.26. The van der Waals surface area contributed by atoms with E-state index in [1.165, 1.54) is 6.92 Å². The van der Waals surface area contributed by atoms with Crippen molar-refractivity contribution in [2.75, 3.05) is 6.54 Å². The van der Waals surface area contributed by atoms with Crippen LogP contribution in [0.4, 0.5) is 13.2 Å². The van der Waals surface area contributed by atoms with Crippen molar-refractivity contribution in [1.29, 1.82) is 0 Å². The van der Waals surface area contributed by atoms with Crippen LogP contribution in [0, 0.1) is 12.8 Å². The second kappa shape index (κ2) is 6.95. The van der Waals surface area contributed by atoms with E-state index in [4.69, 9.17) is 5.11 Å². The molecule has 2 aromatic rings. The highest BCUT2D eigenvalue weighted by Crippen LogP contribution is 2.30. The summed E-state index contributed by atoms with van der Waals surface area (Å²) in [5.74, 6) is -2.44. The monoisotopic (exact) mass is 359 g/mol. The second-order valence-corrected chi connectivity index (χ2v) is 5.60. The number of nitrogens with one attached hydrogen (secondary N) is 2. The first kappa shape index (κ1) is 18.5. The molecule has 0 bridgehead atoms. The largest absolute Gasteiger partial charge is 0.477 e. The van der Waals surface area contributed by atoms with Crippen LogP contribution in [-0.2, 0) is 12.7 Å². The normalized spacial score (nSPS) is 12.8. The summed E-state index contributed by atoms with van der Waals surface area (Å²) in [4.78, 5) is 28.9. The number of carbonyl (C=O) groups excluding carboxylic acids is 1. The fourth-order valence-electron chi connectivity index (χ4n) is 2.25. The predicted octanol–water partition coefficient (Wildman–Crippen LogP) is 1.70. The molecule has 2 heterocycles. The van der Waals surface area contributed by atoms with Crippen LogP contribution in [-0.4, -0.2) is 43.3 Å². The molecule has 136 valence electrons. The molecule has 1 atom stereocenters. The number of aryl methyl sites for hydroxylation is 1. The number of hydrogen-bond acceptors (Lipinski definition) is 4. The van der Waals surface area contributed by atoms with E-state index in [1.807, 2.05) is 0 Å². The van der Waals surface area contributed by atoms with Gasteiger partial charge in [0, 0.05) is 13.1 Å². The van der Waals surface area contributed by atoms with E-state index >= 15 is 0 Å². The minimum atomic E-state index is -4.52. The zero-order valence-corrected chi connectivity index (χ0v) is 13.4. The summed E-state index contributed by atoms with van der Waals surface area (Å²) >= 11 is 0. The van der Waals surface area contributed by atoms with Gasteiger partial charge in [0.1, 0.15) is 5.69 Å². The van der Waals surface area contributed by atoms with Crippen molar-refractivity contribution >= 4 is 11.9 Å². The Bertz CT molecular complexity index is 781. The Labute approximate surface area is 140 Å². The van der Waals surface area contributed by atoms with Crippen LogP contribution in [0.1, 0.15) is 39.3 Å². The number of aromatic nitrogens is 4. The average Bonchev–Trinajstić information content (AvgIpc) is 3.11. The van der Waals surface area contributed by atoms with E-state index < -0.39 is 23.7 Å². The van der Waals surface area contributed by atoms with Crippen LogP contribution in [0.3, 0.4) is 0 Å². The standard InChI is InChI=1S/C14H16F3N5O3/c1-7(5-22-9(14(15,16)17)3-8(2)21-22)4-18-12(23)10-11(13(24)25)20-6-19-10/h3,6-7H,4-5H2,1-2H3,(H,18,23)(H,19,20)(H,24,25)/t7-/m0/s1. The summed E-state index contributed by atoms with van der Waals surface area (Å²) < 4.78 is 39.7. The third kappa shape index (κ3) is 4.37. The summed E-state index contributed by atoms with van der Waals surface area (Å²) in [7, 11) is 0. The number of imidazole rings is 1. The number of amides is 1. The Balaban J connectivity index is 2.00. The minimum Gasteiger partial charge on any atom is -0.477 e. The number of carboxylic acids is 1. The molecule has 0 unspecified atom stereocenters.